The minimum absolute atomic E-state index is 0.201. The standard InChI is InChI=1S/C30H32N2O6S/c1-6-16-38-22-13-10-20(11-14-22)17-25-28(33)32-27(21-12-15-23(35-7-2)24(18-21)36-8-3)26(29(34)37-9-4)19(5)31-30(32)39-25/h6,10-15,17-18,27H,1,7-9,16H2,2-5H3/b25-17-/t27-/m1/s1. The smallest absolute Gasteiger partial charge is 0.338 e. The van der Waals surface area contributed by atoms with Crippen LogP contribution in [0.1, 0.15) is 44.9 Å². The monoisotopic (exact) mass is 548 g/mol. The number of rotatable bonds is 11. The summed E-state index contributed by atoms with van der Waals surface area (Å²) in [5.41, 5.74) is 2.09. The van der Waals surface area contributed by atoms with E-state index >= 15 is 0 Å². The number of allylic oxidation sites excluding steroid dienone is 1. The Morgan fingerprint density at radius 2 is 1.74 bits per heavy atom. The van der Waals surface area contributed by atoms with Crippen molar-refractivity contribution in [3.8, 4) is 17.2 Å². The molecule has 204 valence electrons. The van der Waals surface area contributed by atoms with E-state index in [4.69, 9.17) is 18.9 Å². The molecule has 2 heterocycles. The zero-order valence-corrected chi connectivity index (χ0v) is 23.4. The number of benzene rings is 2. The highest BCUT2D eigenvalue weighted by atomic mass is 32.1. The molecular weight excluding hydrogens is 516 g/mol. The summed E-state index contributed by atoms with van der Waals surface area (Å²) in [6.07, 6.45) is 3.49. The van der Waals surface area contributed by atoms with Crippen molar-refractivity contribution in [2.75, 3.05) is 26.4 Å². The number of carbonyl (C=O) groups is 1. The van der Waals surface area contributed by atoms with E-state index < -0.39 is 12.0 Å². The van der Waals surface area contributed by atoms with Gasteiger partial charge in [0, 0.05) is 0 Å². The Labute approximate surface area is 231 Å². The summed E-state index contributed by atoms with van der Waals surface area (Å²) < 4.78 is 24.6. The molecule has 0 N–H and O–H groups in total. The predicted octanol–water partition coefficient (Wildman–Crippen LogP) is 4.16. The van der Waals surface area contributed by atoms with Gasteiger partial charge in [0.25, 0.3) is 5.56 Å². The van der Waals surface area contributed by atoms with E-state index in [2.05, 4.69) is 11.6 Å². The molecule has 9 heteroatoms. The molecule has 1 atom stereocenters. The Kier molecular flexibility index (Phi) is 9.03. The van der Waals surface area contributed by atoms with E-state index in [0.717, 1.165) is 5.56 Å². The fourth-order valence-corrected chi connectivity index (χ4v) is 5.36. The first kappa shape index (κ1) is 27.9. The summed E-state index contributed by atoms with van der Waals surface area (Å²) in [5, 5.41) is 0. The lowest BCUT2D eigenvalue weighted by molar-refractivity contribution is -0.139. The topological polar surface area (TPSA) is 88.3 Å². The SMILES string of the molecule is C=CCOc1ccc(/C=c2\sc3n(c2=O)[C@H](c2ccc(OCC)c(OCC)c2)C(C(=O)OCC)=C(C)N=3)cc1. The molecule has 0 radical (unpaired) electrons. The van der Waals surface area contributed by atoms with Gasteiger partial charge in [-0.25, -0.2) is 9.79 Å². The molecule has 1 aromatic heterocycles. The van der Waals surface area contributed by atoms with E-state index in [9.17, 15) is 9.59 Å². The minimum Gasteiger partial charge on any atom is -0.490 e. The summed E-state index contributed by atoms with van der Waals surface area (Å²) in [4.78, 5) is 32.1. The van der Waals surface area contributed by atoms with Crippen molar-refractivity contribution in [2.45, 2.75) is 33.7 Å². The van der Waals surface area contributed by atoms with Crippen LogP contribution >= 0.6 is 11.3 Å². The number of fused-ring (bicyclic) bond motifs is 1. The summed E-state index contributed by atoms with van der Waals surface area (Å²) in [7, 11) is 0. The Morgan fingerprint density at radius 1 is 1.03 bits per heavy atom. The van der Waals surface area contributed by atoms with Crippen LogP contribution in [0.5, 0.6) is 17.2 Å². The highest BCUT2D eigenvalue weighted by Gasteiger charge is 2.34. The van der Waals surface area contributed by atoms with Gasteiger partial charge in [-0.15, -0.1) is 0 Å². The van der Waals surface area contributed by atoms with Gasteiger partial charge in [0.15, 0.2) is 16.3 Å². The first-order chi connectivity index (χ1) is 18.9. The minimum atomic E-state index is -0.744. The van der Waals surface area contributed by atoms with Crippen molar-refractivity contribution < 1.29 is 23.7 Å². The lowest BCUT2D eigenvalue weighted by atomic mass is 9.95. The molecule has 0 fully saturated rings. The average molecular weight is 549 g/mol. The van der Waals surface area contributed by atoms with Gasteiger partial charge in [0.2, 0.25) is 0 Å². The van der Waals surface area contributed by atoms with Gasteiger partial charge in [-0.3, -0.25) is 9.36 Å². The Balaban J connectivity index is 1.87. The van der Waals surface area contributed by atoms with Gasteiger partial charge in [0.1, 0.15) is 12.4 Å². The van der Waals surface area contributed by atoms with Crippen LogP contribution in [-0.4, -0.2) is 37.0 Å². The molecule has 0 saturated carbocycles. The predicted molar refractivity (Wildman–Crippen MR) is 151 cm³/mol. The van der Waals surface area contributed by atoms with Gasteiger partial charge in [-0.2, -0.15) is 0 Å². The molecule has 1 aliphatic rings. The third kappa shape index (κ3) is 5.98. The van der Waals surface area contributed by atoms with Crippen LogP contribution in [0, 0.1) is 0 Å². The van der Waals surface area contributed by atoms with E-state index in [-0.39, 0.29) is 12.2 Å². The van der Waals surface area contributed by atoms with Crippen LogP contribution in [0.4, 0.5) is 0 Å². The van der Waals surface area contributed by atoms with Crippen LogP contribution in [0.2, 0.25) is 0 Å². The molecule has 39 heavy (non-hydrogen) atoms. The molecule has 4 rings (SSSR count). The second-order valence-electron chi connectivity index (χ2n) is 8.54. The number of hydrogen-bond donors (Lipinski definition) is 0. The van der Waals surface area contributed by atoms with E-state index in [1.807, 2.05) is 56.3 Å². The van der Waals surface area contributed by atoms with E-state index in [0.29, 0.717) is 63.2 Å². The van der Waals surface area contributed by atoms with Gasteiger partial charge in [-0.1, -0.05) is 42.2 Å². The Morgan fingerprint density at radius 3 is 2.41 bits per heavy atom. The van der Waals surface area contributed by atoms with Gasteiger partial charge >= 0.3 is 5.97 Å². The highest BCUT2D eigenvalue weighted by molar-refractivity contribution is 7.07. The zero-order chi connectivity index (χ0) is 27.9. The number of ether oxygens (including phenoxy) is 4. The number of hydrogen-bond acceptors (Lipinski definition) is 8. The molecule has 0 unspecified atom stereocenters. The van der Waals surface area contributed by atoms with Gasteiger partial charge < -0.3 is 18.9 Å². The van der Waals surface area contributed by atoms with Crippen LogP contribution < -0.4 is 29.1 Å². The number of thiazole rings is 1. The zero-order valence-electron chi connectivity index (χ0n) is 22.6. The van der Waals surface area contributed by atoms with E-state index in [1.165, 1.54) is 11.3 Å². The molecule has 0 saturated heterocycles. The molecule has 0 spiro atoms. The number of esters is 1. The summed E-state index contributed by atoms with van der Waals surface area (Å²) >= 11 is 1.27. The molecule has 3 aromatic rings. The molecule has 1 aliphatic heterocycles. The van der Waals surface area contributed by atoms with Crippen molar-refractivity contribution in [3.05, 3.63) is 97.2 Å². The number of aromatic nitrogens is 1. The maximum absolute atomic E-state index is 13.8. The summed E-state index contributed by atoms with van der Waals surface area (Å²) in [5.74, 6) is 1.33. The van der Waals surface area contributed by atoms with Crippen LogP contribution in [0.3, 0.4) is 0 Å². The molecule has 0 amide bonds. The molecule has 8 nitrogen and oxygen atoms in total. The van der Waals surface area contributed by atoms with Crippen LogP contribution in [-0.2, 0) is 9.53 Å². The van der Waals surface area contributed by atoms with Crippen molar-refractivity contribution in [3.63, 3.8) is 0 Å². The normalized spacial score (nSPS) is 14.9. The second kappa shape index (κ2) is 12.6. The van der Waals surface area contributed by atoms with Crippen molar-refractivity contribution in [1.82, 2.24) is 4.57 Å². The fourth-order valence-electron chi connectivity index (χ4n) is 4.31. The van der Waals surface area contributed by atoms with Crippen LogP contribution in [0.15, 0.2) is 76.2 Å². The molecule has 0 bridgehead atoms. The second-order valence-corrected chi connectivity index (χ2v) is 9.55. The maximum Gasteiger partial charge on any atom is 0.338 e. The molecular formula is C30H32N2O6S. The van der Waals surface area contributed by atoms with Gasteiger partial charge in [0.05, 0.1) is 41.7 Å². The number of nitrogens with zero attached hydrogens (tertiary/aromatic N) is 2. The third-order valence-electron chi connectivity index (χ3n) is 5.95. The molecule has 2 aromatic carbocycles. The average Bonchev–Trinajstić information content (AvgIpc) is 3.22. The number of carbonyl (C=O) groups excluding carboxylic acids is 1. The largest absolute Gasteiger partial charge is 0.490 e. The highest BCUT2D eigenvalue weighted by Crippen LogP contribution is 2.36. The maximum atomic E-state index is 13.8. The lowest BCUT2D eigenvalue weighted by Gasteiger charge is -2.25. The first-order valence-electron chi connectivity index (χ1n) is 12.8. The quantitative estimate of drug-likeness (QED) is 0.264. The van der Waals surface area contributed by atoms with Gasteiger partial charge in [-0.05, 0) is 69.2 Å². The first-order valence-corrected chi connectivity index (χ1v) is 13.7. The third-order valence-corrected chi connectivity index (χ3v) is 6.93. The van der Waals surface area contributed by atoms with E-state index in [1.54, 1.807) is 30.6 Å². The van der Waals surface area contributed by atoms with Crippen molar-refractivity contribution >= 4 is 23.4 Å². The Bertz CT molecular complexity index is 1570. The summed E-state index contributed by atoms with van der Waals surface area (Å²) in [6, 6.07) is 12.2. The Hall–Kier alpha value is -4.11. The van der Waals surface area contributed by atoms with Crippen LogP contribution in [0.25, 0.3) is 6.08 Å². The fraction of sp³-hybridized carbons (Fsp3) is 0.300. The lowest BCUT2D eigenvalue weighted by Crippen LogP contribution is -2.40. The molecule has 0 aliphatic carbocycles. The van der Waals surface area contributed by atoms with Crippen molar-refractivity contribution in [2.24, 2.45) is 4.99 Å². The summed E-state index contributed by atoms with van der Waals surface area (Å²) in [6.45, 7) is 12.5. The van der Waals surface area contributed by atoms with Crippen molar-refractivity contribution in [1.29, 1.82) is 0 Å².